The van der Waals surface area contributed by atoms with Gasteiger partial charge in [-0.15, -0.1) is 0 Å². The maximum atomic E-state index is 12.5. The highest BCUT2D eigenvalue weighted by Crippen LogP contribution is 2.06. The van der Waals surface area contributed by atoms with Crippen molar-refractivity contribution in [3.63, 3.8) is 0 Å². The molecular formula is C4H13FO3Si2. The van der Waals surface area contributed by atoms with E-state index in [1.807, 2.05) is 0 Å². The Balaban J connectivity index is 3.64. The molecule has 0 bridgehead atoms. The lowest BCUT2D eigenvalue weighted by Gasteiger charge is -2.20. The zero-order valence-corrected chi connectivity index (χ0v) is 8.83. The molecule has 0 N–H and O–H groups in total. The molecule has 0 saturated carbocycles. The van der Waals surface area contributed by atoms with Gasteiger partial charge in [-0.25, -0.2) is 4.11 Å². The van der Waals surface area contributed by atoms with Crippen molar-refractivity contribution in [2.75, 3.05) is 14.2 Å². The quantitative estimate of drug-likeness (QED) is 0.475. The average molecular weight is 184 g/mol. The second-order valence-electron chi connectivity index (χ2n) is 2.23. The summed E-state index contributed by atoms with van der Waals surface area (Å²) in [6.45, 7) is 3.54. The number of halogens is 1. The molecule has 6 heteroatoms. The van der Waals surface area contributed by atoms with Crippen LogP contribution in [-0.2, 0) is 13.0 Å². The van der Waals surface area contributed by atoms with Gasteiger partial charge in [-0.05, 0) is 13.1 Å². The van der Waals surface area contributed by atoms with E-state index in [1.165, 1.54) is 14.2 Å². The lowest BCUT2D eigenvalue weighted by atomic mass is 11.8. The fourth-order valence-electron chi connectivity index (χ4n) is 0.319. The van der Waals surface area contributed by atoms with E-state index in [1.54, 1.807) is 13.1 Å². The molecule has 0 spiro atoms. The molecule has 10 heavy (non-hydrogen) atoms. The number of rotatable bonds is 4. The Morgan fingerprint density at radius 1 is 1.30 bits per heavy atom. The topological polar surface area (TPSA) is 27.7 Å². The molecule has 0 aliphatic carbocycles. The molecule has 0 amide bonds. The first-order chi connectivity index (χ1) is 4.52. The van der Waals surface area contributed by atoms with Gasteiger partial charge in [0.15, 0.2) is 0 Å². The molecule has 62 valence electrons. The predicted octanol–water partition coefficient (Wildman–Crippen LogP) is 0.684. The fraction of sp³-hybridized carbons (Fsp3) is 1.00. The highest BCUT2D eigenvalue weighted by molar-refractivity contribution is 6.70. The second kappa shape index (κ2) is 4.19. The zero-order chi connectivity index (χ0) is 8.20. The summed E-state index contributed by atoms with van der Waals surface area (Å²) in [6, 6.07) is 0. The van der Waals surface area contributed by atoms with Gasteiger partial charge in [-0.1, -0.05) is 0 Å². The Morgan fingerprint density at radius 3 is 2.10 bits per heavy atom. The minimum absolute atomic E-state index is 1.30. The van der Waals surface area contributed by atoms with Crippen LogP contribution in [0.4, 0.5) is 4.11 Å². The maximum Gasteiger partial charge on any atom is 0.514 e. The molecule has 0 fully saturated rings. The molecule has 3 nitrogen and oxygen atoms in total. The largest absolute Gasteiger partial charge is 0.514 e. The zero-order valence-electron chi connectivity index (χ0n) is 6.68. The Labute approximate surface area is 63.4 Å². The van der Waals surface area contributed by atoms with Crippen molar-refractivity contribution in [1.82, 2.24) is 0 Å². The van der Waals surface area contributed by atoms with E-state index >= 15 is 0 Å². The summed E-state index contributed by atoms with van der Waals surface area (Å²) < 4.78 is 26.7. The van der Waals surface area contributed by atoms with Gasteiger partial charge in [0.05, 0.1) is 0 Å². The van der Waals surface area contributed by atoms with Gasteiger partial charge >= 0.3 is 18.2 Å². The Bertz CT molecular complexity index is 101. The lowest BCUT2D eigenvalue weighted by Crippen LogP contribution is -2.39. The van der Waals surface area contributed by atoms with Crippen molar-refractivity contribution in [2.24, 2.45) is 0 Å². The first-order valence-electron chi connectivity index (χ1n) is 2.91. The molecule has 0 aromatic carbocycles. The van der Waals surface area contributed by atoms with Gasteiger partial charge < -0.3 is 13.0 Å². The van der Waals surface area contributed by atoms with Crippen LogP contribution in [0.2, 0.25) is 13.1 Å². The summed E-state index contributed by atoms with van der Waals surface area (Å²) in [5, 5.41) is 0. The molecule has 0 aliphatic heterocycles. The van der Waals surface area contributed by atoms with E-state index in [4.69, 9.17) is 8.54 Å². The van der Waals surface area contributed by atoms with Crippen LogP contribution in [0.1, 0.15) is 0 Å². The van der Waals surface area contributed by atoms with Gasteiger partial charge in [-0.3, -0.25) is 0 Å². The van der Waals surface area contributed by atoms with Crippen LogP contribution in [0, 0.1) is 0 Å². The minimum Gasteiger partial charge on any atom is -0.398 e. The SMILES string of the molecule is CO[SiH](F)O[Si](C)(C)OC. The van der Waals surface area contributed by atoms with Crippen LogP contribution >= 0.6 is 0 Å². The van der Waals surface area contributed by atoms with Crippen LogP contribution in [0.15, 0.2) is 0 Å². The number of hydrogen-bond acceptors (Lipinski definition) is 3. The van der Waals surface area contributed by atoms with Gasteiger partial charge in [0, 0.05) is 14.2 Å². The normalized spacial score (nSPS) is 15.3. The third-order valence-corrected chi connectivity index (χ3v) is 5.42. The van der Waals surface area contributed by atoms with Crippen molar-refractivity contribution in [1.29, 1.82) is 0 Å². The van der Waals surface area contributed by atoms with Crippen LogP contribution in [0.25, 0.3) is 0 Å². The summed E-state index contributed by atoms with van der Waals surface area (Å²) in [4.78, 5) is 0. The highest BCUT2D eigenvalue weighted by atomic mass is 28.4. The molecule has 0 aromatic rings. The van der Waals surface area contributed by atoms with Crippen molar-refractivity contribution in [3.05, 3.63) is 0 Å². The molecule has 0 heterocycles. The smallest absolute Gasteiger partial charge is 0.398 e. The molecule has 0 rings (SSSR count). The third-order valence-electron chi connectivity index (χ3n) is 1.05. The van der Waals surface area contributed by atoms with Crippen molar-refractivity contribution in [3.8, 4) is 0 Å². The van der Waals surface area contributed by atoms with E-state index in [0.717, 1.165) is 0 Å². The molecule has 1 atom stereocenters. The van der Waals surface area contributed by atoms with Gasteiger partial charge in [-0.2, -0.15) is 0 Å². The highest BCUT2D eigenvalue weighted by Gasteiger charge is 2.28. The molecule has 0 aromatic heterocycles. The third kappa shape index (κ3) is 4.12. The second-order valence-corrected chi connectivity index (χ2v) is 7.40. The van der Waals surface area contributed by atoms with Gasteiger partial charge in [0.25, 0.3) is 0 Å². The van der Waals surface area contributed by atoms with Gasteiger partial charge in [0.1, 0.15) is 0 Å². The van der Waals surface area contributed by atoms with Crippen LogP contribution in [0.3, 0.4) is 0 Å². The average Bonchev–Trinajstić information content (AvgIpc) is 1.87. The Morgan fingerprint density at radius 2 is 1.80 bits per heavy atom. The lowest BCUT2D eigenvalue weighted by molar-refractivity contribution is 0.233. The summed E-state index contributed by atoms with van der Waals surface area (Å²) in [6.07, 6.45) is 0. The first-order valence-corrected chi connectivity index (χ1v) is 7.11. The van der Waals surface area contributed by atoms with Crippen LogP contribution in [-0.4, -0.2) is 32.4 Å². The van der Waals surface area contributed by atoms with E-state index in [-0.39, 0.29) is 0 Å². The summed E-state index contributed by atoms with van der Waals surface area (Å²) >= 11 is 0. The van der Waals surface area contributed by atoms with E-state index in [0.29, 0.717) is 0 Å². The van der Waals surface area contributed by atoms with E-state index < -0.39 is 18.2 Å². The molecule has 0 saturated heterocycles. The van der Waals surface area contributed by atoms with Crippen LogP contribution in [0.5, 0.6) is 0 Å². The van der Waals surface area contributed by atoms with Crippen molar-refractivity contribution < 1.29 is 17.1 Å². The summed E-state index contributed by atoms with van der Waals surface area (Å²) in [7, 11) is -2.27. The van der Waals surface area contributed by atoms with Crippen molar-refractivity contribution >= 4 is 18.2 Å². The minimum atomic E-state index is -2.89. The van der Waals surface area contributed by atoms with Crippen molar-refractivity contribution in [2.45, 2.75) is 13.1 Å². The molecule has 1 unspecified atom stereocenters. The Kier molecular flexibility index (Phi) is 4.29. The summed E-state index contributed by atoms with van der Waals surface area (Å²) in [5.41, 5.74) is 0. The molecular weight excluding hydrogens is 171 g/mol. The number of hydrogen-bond donors (Lipinski definition) is 0. The monoisotopic (exact) mass is 184 g/mol. The molecule has 0 aliphatic rings. The molecule has 0 radical (unpaired) electrons. The van der Waals surface area contributed by atoms with Crippen LogP contribution < -0.4 is 0 Å². The standard InChI is InChI=1S/C4H13FO3Si2/c1-6-9(5)8-10(3,4)7-2/h9H,1-4H3. The predicted molar refractivity (Wildman–Crippen MR) is 40.8 cm³/mol. The van der Waals surface area contributed by atoms with E-state index in [2.05, 4.69) is 4.43 Å². The fourth-order valence-corrected chi connectivity index (χ4v) is 2.87. The van der Waals surface area contributed by atoms with Gasteiger partial charge in [0.2, 0.25) is 0 Å². The summed E-state index contributed by atoms with van der Waals surface area (Å²) in [5.74, 6) is 0. The van der Waals surface area contributed by atoms with E-state index in [9.17, 15) is 4.11 Å². The maximum absolute atomic E-state index is 12.5. The first kappa shape index (κ1) is 10.2. The Hall–Kier alpha value is 0.244.